The van der Waals surface area contributed by atoms with Crippen LogP contribution >= 0.6 is 0 Å². The number of methoxy groups -OCH3 is 1. The van der Waals surface area contributed by atoms with Gasteiger partial charge in [-0.3, -0.25) is 4.79 Å². The molecule has 0 saturated carbocycles. The molecule has 0 radical (unpaired) electrons. The molecule has 1 fully saturated rings. The number of hydrogen-bond acceptors (Lipinski definition) is 4. The third kappa shape index (κ3) is 3.40. The number of ether oxygens (including phenoxy) is 2. The molecule has 0 aliphatic carbocycles. The summed E-state index contributed by atoms with van der Waals surface area (Å²) in [5, 5.41) is 0. The van der Waals surface area contributed by atoms with Gasteiger partial charge in [0.15, 0.2) is 0 Å². The van der Waals surface area contributed by atoms with E-state index in [1.54, 1.807) is 27.9 Å². The average Bonchev–Trinajstić information content (AvgIpc) is 2.78. The van der Waals surface area contributed by atoms with Crippen LogP contribution < -0.4 is 4.74 Å². The number of nitrogens with zero attached hydrogens (tertiary/aromatic N) is 1. The van der Waals surface area contributed by atoms with Crippen LogP contribution in [-0.4, -0.2) is 29.6 Å². The fourth-order valence-corrected chi connectivity index (χ4v) is 2.65. The molecule has 5 nitrogen and oxygen atoms in total. The molecule has 1 saturated heterocycles. The Bertz CT molecular complexity index is 589. The van der Waals surface area contributed by atoms with Gasteiger partial charge in [0.1, 0.15) is 11.4 Å². The lowest BCUT2D eigenvalue weighted by atomic mass is 10.0. The molecule has 1 aromatic rings. The molecular weight excluding hydrogens is 282 g/mol. The molecule has 5 heteroatoms. The lowest BCUT2D eigenvalue weighted by molar-refractivity contribution is -0.128. The molecule has 1 aromatic carbocycles. The van der Waals surface area contributed by atoms with Crippen molar-refractivity contribution in [3.63, 3.8) is 0 Å². The summed E-state index contributed by atoms with van der Waals surface area (Å²) in [5.41, 5.74) is 1.28. The summed E-state index contributed by atoms with van der Waals surface area (Å²) in [7, 11) is 1.62. The highest BCUT2D eigenvalue weighted by Crippen LogP contribution is 2.35. The van der Waals surface area contributed by atoms with E-state index in [0.29, 0.717) is 12.8 Å². The lowest BCUT2D eigenvalue weighted by Gasteiger charge is -2.27. The van der Waals surface area contributed by atoms with Gasteiger partial charge in [0.25, 0.3) is 0 Å². The van der Waals surface area contributed by atoms with E-state index >= 15 is 0 Å². The molecule has 22 heavy (non-hydrogen) atoms. The summed E-state index contributed by atoms with van der Waals surface area (Å²) in [6, 6.07) is 5.44. The van der Waals surface area contributed by atoms with Crippen LogP contribution in [0.5, 0.6) is 5.75 Å². The molecule has 1 heterocycles. The molecule has 1 atom stereocenters. The SMILES string of the molecule is COc1ccc(C2CCC(=O)N2C(=O)OC(C)(C)C)cc1C. The van der Waals surface area contributed by atoms with Gasteiger partial charge in [-0.15, -0.1) is 0 Å². The van der Waals surface area contributed by atoms with Crippen LogP contribution in [0.25, 0.3) is 0 Å². The Kier molecular flexibility index (Phi) is 4.44. The Balaban J connectivity index is 2.27. The fourth-order valence-electron chi connectivity index (χ4n) is 2.65. The Morgan fingerprint density at radius 1 is 1.32 bits per heavy atom. The zero-order valence-corrected chi connectivity index (χ0v) is 13.8. The fraction of sp³-hybridized carbons (Fsp3) is 0.529. The number of rotatable bonds is 2. The molecule has 0 N–H and O–H groups in total. The highest BCUT2D eigenvalue weighted by molar-refractivity contribution is 5.94. The summed E-state index contributed by atoms with van der Waals surface area (Å²) in [4.78, 5) is 25.7. The molecule has 1 aliphatic heterocycles. The zero-order chi connectivity index (χ0) is 16.5. The topological polar surface area (TPSA) is 55.8 Å². The van der Waals surface area contributed by atoms with Crippen LogP contribution in [0.3, 0.4) is 0 Å². The summed E-state index contributed by atoms with van der Waals surface area (Å²) < 4.78 is 10.6. The van der Waals surface area contributed by atoms with Crippen LogP contribution in [0, 0.1) is 6.92 Å². The third-order valence-corrected chi connectivity index (χ3v) is 3.61. The van der Waals surface area contributed by atoms with Crippen molar-refractivity contribution in [3.05, 3.63) is 29.3 Å². The number of benzene rings is 1. The van der Waals surface area contributed by atoms with Crippen molar-refractivity contribution in [2.75, 3.05) is 7.11 Å². The van der Waals surface area contributed by atoms with E-state index in [-0.39, 0.29) is 11.9 Å². The van der Waals surface area contributed by atoms with E-state index in [0.717, 1.165) is 16.9 Å². The minimum atomic E-state index is -0.625. The molecule has 0 bridgehead atoms. The molecule has 1 unspecified atom stereocenters. The maximum Gasteiger partial charge on any atom is 0.417 e. The number of aryl methyl sites for hydroxylation is 1. The maximum atomic E-state index is 12.3. The summed E-state index contributed by atoms with van der Waals surface area (Å²) in [6.07, 6.45) is 0.396. The minimum absolute atomic E-state index is 0.187. The van der Waals surface area contributed by atoms with Crippen molar-refractivity contribution in [1.82, 2.24) is 4.90 Å². The average molecular weight is 305 g/mol. The second-order valence-corrected chi connectivity index (χ2v) is 6.53. The van der Waals surface area contributed by atoms with Gasteiger partial charge in [0.05, 0.1) is 13.2 Å². The Morgan fingerprint density at radius 2 is 2.00 bits per heavy atom. The second-order valence-electron chi connectivity index (χ2n) is 6.53. The number of carbonyl (C=O) groups is 2. The molecule has 120 valence electrons. The van der Waals surface area contributed by atoms with Crippen LogP contribution in [0.1, 0.15) is 50.8 Å². The van der Waals surface area contributed by atoms with Crippen LogP contribution in [-0.2, 0) is 9.53 Å². The van der Waals surface area contributed by atoms with E-state index in [1.165, 1.54) is 4.90 Å². The normalized spacial score (nSPS) is 18.5. The zero-order valence-electron chi connectivity index (χ0n) is 13.8. The van der Waals surface area contributed by atoms with E-state index in [9.17, 15) is 9.59 Å². The highest BCUT2D eigenvalue weighted by Gasteiger charge is 2.39. The standard InChI is InChI=1S/C17H23NO4/c1-11-10-12(6-8-14(11)21-5)13-7-9-15(19)18(13)16(20)22-17(2,3)4/h6,8,10,13H,7,9H2,1-5H3. The van der Waals surface area contributed by atoms with Crippen molar-refractivity contribution in [3.8, 4) is 5.75 Å². The van der Waals surface area contributed by atoms with Crippen LogP contribution in [0.15, 0.2) is 18.2 Å². The molecule has 0 spiro atoms. The number of amides is 2. The van der Waals surface area contributed by atoms with Gasteiger partial charge in [0.2, 0.25) is 5.91 Å². The largest absolute Gasteiger partial charge is 0.496 e. The quantitative estimate of drug-likeness (QED) is 0.837. The third-order valence-electron chi connectivity index (χ3n) is 3.61. The molecule has 0 aromatic heterocycles. The second kappa shape index (κ2) is 5.99. The van der Waals surface area contributed by atoms with Crippen molar-refractivity contribution in [2.45, 2.75) is 52.2 Å². The van der Waals surface area contributed by atoms with Gasteiger partial charge in [-0.05, 0) is 51.3 Å². The van der Waals surface area contributed by atoms with Crippen molar-refractivity contribution >= 4 is 12.0 Å². The monoisotopic (exact) mass is 305 g/mol. The predicted octanol–water partition coefficient (Wildman–Crippen LogP) is 3.60. The van der Waals surface area contributed by atoms with Gasteiger partial charge >= 0.3 is 6.09 Å². The number of likely N-dealkylation sites (tertiary alicyclic amines) is 1. The first kappa shape index (κ1) is 16.3. The van der Waals surface area contributed by atoms with Crippen LogP contribution in [0.2, 0.25) is 0 Å². The maximum absolute atomic E-state index is 12.3. The molecule has 2 rings (SSSR count). The Morgan fingerprint density at radius 3 is 2.55 bits per heavy atom. The van der Waals surface area contributed by atoms with Gasteiger partial charge in [-0.25, -0.2) is 9.69 Å². The molecule has 2 amide bonds. The smallest absolute Gasteiger partial charge is 0.417 e. The Hall–Kier alpha value is -2.04. The first-order valence-electron chi connectivity index (χ1n) is 7.42. The van der Waals surface area contributed by atoms with Crippen LogP contribution in [0.4, 0.5) is 4.79 Å². The van der Waals surface area contributed by atoms with E-state index < -0.39 is 11.7 Å². The van der Waals surface area contributed by atoms with Gasteiger partial charge in [0, 0.05) is 6.42 Å². The molecular formula is C17H23NO4. The summed E-state index contributed by atoms with van der Waals surface area (Å²) in [6.45, 7) is 7.31. The first-order chi connectivity index (χ1) is 10.2. The number of hydrogen-bond donors (Lipinski definition) is 0. The van der Waals surface area contributed by atoms with E-state index in [1.807, 2.05) is 25.1 Å². The number of carbonyl (C=O) groups excluding carboxylic acids is 2. The van der Waals surface area contributed by atoms with Crippen molar-refractivity contribution in [2.24, 2.45) is 0 Å². The number of imide groups is 1. The van der Waals surface area contributed by atoms with E-state index in [4.69, 9.17) is 9.47 Å². The van der Waals surface area contributed by atoms with Crippen molar-refractivity contribution < 1.29 is 19.1 Å². The minimum Gasteiger partial charge on any atom is -0.496 e. The van der Waals surface area contributed by atoms with E-state index in [2.05, 4.69) is 0 Å². The molecule has 1 aliphatic rings. The highest BCUT2D eigenvalue weighted by atomic mass is 16.6. The summed E-state index contributed by atoms with van der Waals surface area (Å²) in [5.74, 6) is 0.601. The van der Waals surface area contributed by atoms with Crippen molar-refractivity contribution in [1.29, 1.82) is 0 Å². The summed E-state index contributed by atoms with van der Waals surface area (Å²) >= 11 is 0. The first-order valence-corrected chi connectivity index (χ1v) is 7.42. The van der Waals surface area contributed by atoms with Gasteiger partial charge in [-0.1, -0.05) is 12.1 Å². The lowest BCUT2D eigenvalue weighted by Crippen LogP contribution is -2.38. The van der Waals surface area contributed by atoms with Gasteiger partial charge in [-0.2, -0.15) is 0 Å². The van der Waals surface area contributed by atoms with Gasteiger partial charge < -0.3 is 9.47 Å². The Labute approximate surface area is 131 Å². The predicted molar refractivity (Wildman–Crippen MR) is 82.8 cm³/mol.